The van der Waals surface area contributed by atoms with E-state index in [4.69, 9.17) is 14.1 Å². The molecular weight excluding hydrogens is 450 g/mol. The number of ether oxygens (including phenoxy) is 1. The Labute approximate surface area is 205 Å². The molecule has 176 valence electrons. The number of benzene rings is 4. The van der Waals surface area contributed by atoms with Crippen LogP contribution in [0.5, 0.6) is 5.75 Å². The molecule has 0 saturated carbocycles. The lowest BCUT2D eigenvalue weighted by atomic mass is 9.96. The molecule has 0 atom stereocenters. The number of nitrogens with one attached hydrogen (secondary N) is 1. The van der Waals surface area contributed by atoms with Gasteiger partial charge in [0.25, 0.3) is 5.56 Å². The van der Waals surface area contributed by atoms with E-state index in [9.17, 15) is 4.79 Å². The van der Waals surface area contributed by atoms with Crippen molar-refractivity contribution in [3.63, 3.8) is 0 Å². The Balaban J connectivity index is 1.63. The molecule has 1 N–H and O–H groups in total. The van der Waals surface area contributed by atoms with E-state index in [1.807, 2.05) is 31.2 Å². The number of pyridine rings is 1. The molecule has 0 saturated heterocycles. The van der Waals surface area contributed by atoms with E-state index in [0.717, 1.165) is 54.6 Å². The molecule has 0 aliphatic rings. The highest BCUT2D eigenvalue weighted by atomic mass is 16.5. The number of fused-ring (bicyclic) bond motifs is 9. The van der Waals surface area contributed by atoms with Crippen LogP contribution < -0.4 is 10.3 Å². The van der Waals surface area contributed by atoms with E-state index in [1.54, 1.807) is 25.0 Å². The van der Waals surface area contributed by atoms with E-state index >= 15 is 0 Å². The molecule has 3 heterocycles. The van der Waals surface area contributed by atoms with Crippen molar-refractivity contribution < 1.29 is 9.15 Å². The molecule has 0 bridgehead atoms. The highest BCUT2D eigenvalue weighted by Gasteiger charge is 2.21. The largest absolute Gasteiger partial charge is 0.497 e. The summed E-state index contributed by atoms with van der Waals surface area (Å²) in [5.74, 6) is 1.25. The number of nitrogens with zero attached hydrogens (tertiary/aromatic N) is 2. The Kier molecular flexibility index (Phi) is 4.16. The maximum absolute atomic E-state index is 13.5. The number of hydrogen-bond acceptors (Lipinski definition) is 4. The molecule has 0 unspecified atom stereocenters. The zero-order valence-corrected chi connectivity index (χ0v) is 20.4. The van der Waals surface area contributed by atoms with Crippen LogP contribution in [0.4, 0.5) is 0 Å². The number of H-pyrrole nitrogens is 1. The van der Waals surface area contributed by atoms with Crippen LogP contribution >= 0.6 is 0 Å². The number of hydrogen-bond donors (Lipinski definition) is 1. The van der Waals surface area contributed by atoms with Crippen LogP contribution in [0.25, 0.3) is 65.8 Å². The molecule has 4 aromatic carbocycles. The number of aryl methyl sites for hydroxylation is 3. The maximum Gasteiger partial charge on any atom is 0.261 e. The summed E-state index contributed by atoms with van der Waals surface area (Å²) in [6, 6.07) is 18.2. The Hall–Kier alpha value is -4.58. The average molecular weight is 474 g/mol. The van der Waals surface area contributed by atoms with E-state index in [1.165, 1.54) is 10.9 Å². The lowest BCUT2D eigenvalue weighted by molar-refractivity contribution is 0.415. The van der Waals surface area contributed by atoms with Crippen molar-refractivity contribution in [1.29, 1.82) is 0 Å². The first kappa shape index (κ1) is 20.8. The van der Waals surface area contributed by atoms with E-state index < -0.39 is 0 Å². The fourth-order valence-electron chi connectivity index (χ4n) is 5.51. The molecule has 0 spiro atoms. The normalized spacial score (nSPS) is 12.0. The Bertz CT molecular complexity index is 2090. The topological polar surface area (TPSA) is 73.1 Å². The smallest absolute Gasteiger partial charge is 0.261 e. The van der Waals surface area contributed by atoms with Gasteiger partial charge in [0.2, 0.25) is 0 Å². The minimum atomic E-state index is -0.125. The lowest BCUT2D eigenvalue weighted by Gasteiger charge is -2.09. The minimum absolute atomic E-state index is 0.125. The lowest BCUT2D eigenvalue weighted by Crippen LogP contribution is -2.19. The van der Waals surface area contributed by atoms with Crippen molar-refractivity contribution in [3.05, 3.63) is 82.3 Å². The van der Waals surface area contributed by atoms with Crippen molar-refractivity contribution in [2.75, 3.05) is 7.11 Å². The number of methoxy groups -OCH3 is 1. The van der Waals surface area contributed by atoms with Gasteiger partial charge in [0.05, 0.1) is 35.5 Å². The second-order valence-electron chi connectivity index (χ2n) is 9.44. The van der Waals surface area contributed by atoms with Crippen molar-refractivity contribution in [3.8, 4) is 17.1 Å². The minimum Gasteiger partial charge on any atom is -0.497 e. The summed E-state index contributed by atoms with van der Waals surface area (Å²) in [4.78, 5) is 22.1. The summed E-state index contributed by atoms with van der Waals surface area (Å²) in [6.45, 7) is 4.15. The van der Waals surface area contributed by atoms with Crippen LogP contribution in [-0.4, -0.2) is 21.6 Å². The highest BCUT2D eigenvalue weighted by molar-refractivity contribution is 6.29. The number of aromatic nitrogens is 3. The van der Waals surface area contributed by atoms with Gasteiger partial charge in [-0.1, -0.05) is 24.3 Å². The van der Waals surface area contributed by atoms with Crippen LogP contribution in [0.15, 0.2) is 70.1 Å². The summed E-state index contributed by atoms with van der Waals surface area (Å²) in [6.07, 6.45) is 1.78. The second kappa shape index (κ2) is 7.21. The molecule has 0 amide bonds. The molecule has 7 aromatic rings. The Morgan fingerprint density at radius 2 is 1.78 bits per heavy atom. The standard InChI is InChI=1S/C30H23N3O3/c1-15-6-5-7-20-19(15)10-11-21-25(20)27-26(24-16(2)14-36-28(21)24)31-29(32-27)22-12-17-8-9-18(35-4)13-23(17)33(3)30(22)34/h5-14H,1-4H3,(H,31,32). The van der Waals surface area contributed by atoms with Crippen molar-refractivity contribution in [1.82, 2.24) is 14.5 Å². The fourth-order valence-corrected chi connectivity index (χ4v) is 5.51. The van der Waals surface area contributed by atoms with Crippen molar-refractivity contribution in [2.24, 2.45) is 7.05 Å². The van der Waals surface area contributed by atoms with Gasteiger partial charge in [0.1, 0.15) is 17.2 Å². The molecule has 6 nitrogen and oxygen atoms in total. The van der Waals surface area contributed by atoms with Gasteiger partial charge in [-0.2, -0.15) is 0 Å². The zero-order valence-electron chi connectivity index (χ0n) is 20.4. The molecule has 6 heteroatoms. The number of rotatable bonds is 2. The summed E-state index contributed by atoms with van der Waals surface area (Å²) >= 11 is 0. The van der Waals surface area contributed by atoms with Crippen LogP contribution in [0.1, 0.15) is 11.1 Å². The van der Waals surface area contributed by atoms with Gasteiger partial charge < -0.3 is 18.7 Å². The predicted molar refractivity (Wildman–Crippen MR) is 145 cm³/mol. The summed E-state index contributed by atoms with van der Waals surface area (Å²) < 4.78 is 13.1. The third kappa shape index (κ3) is 2.67. The molecular formula is C30H23N3O3. The number of furan rings is 1. The summed E-state index contributed by atoms with van der Waals surface area (Å²) in [5.41, 5.74) is 5.97. The number of aromatic amines is 1. The molecule has 0 aliphatic heterocycles. The Morgan fingerprint density at radius 1 is 0.944 bits per heavy atom. The van der Waals surface area contributed by atoms with Gasteiger partial charge in [-0.15, -0.1) is 0 Å². The van der Waals surface area contributed by atoms with Crippen LogP contribution in [0.2, 0.25) is 0 Å². The summed E-state index contributed by atoms with van der Waals surface area (Å²) in [5, 5.41) is 6.26. The van der Waals surface area contributed by atoms with Gasteiger partial charge in [-0.05, 0) is 65.4 Å². The maximum atomic E-state index is 13.5. The molecule has 36 heavy (non-hydrogen) atoms. The first-order valence-electron chi connectivity index (χ1n) is 11.9. The first-order chi connectivity index (χ1) is 17.5. The Morgan fingerprint density at radius 3 is 2.61 bits per heavy atom. The van der Waals surface area contributed by atoms with Gasteiger partial charge in [-0.25, -0.2) is 4.98 Å². The van der Waals surface area contributed by atoms with Gasteiger partial charge >= 0.3 is 0 Å². The van der Waals surface area contributed by atoms with Crippen LogP contribution in [0, 0.1) is 13.8 Å². The third-order valence-corrected chi connectivity index (χ3v) is 7.38. The predicted octanol–water partition coefficient (Wildman–Crippen LogP) is 6.76. The molecule has 7 rings (SSSR count). The first-order valence-corrected chi connectivity index (χ1v) is 11.9. The summed E-state index contributed by atoms with van der Waals surface area (Å²) in [7, 11) is 3.40. The highest BCUT2D eigenvalue weighted by Crippen LogP contribution is 2.41. The van der Waals surface area contributed by atoms with Crippen LogP contribution in [-0.2, 0) is 7.05 Å². The van der Waals surface area contributed by atoms with Crippen molar-refractivity contribution >= 4 is 54.5 Å². The number of imidazole rings is 1. The van der Waals surface area contributed by atoms with E-state index in [-0.39, 0.29) is 5.56 Å². The van der Waals surface area contributed by atoms with Crippen molar-refractivity contribution in [2.45, 2.75) is 13.8 Å². The van der Waals surface area contributed by atoms with E-state index in [2.05, 4.69) is 42.2 Å². The molecule has 3 aromatic heterocycles. The van der Waals surface area contributed by atoms with Crippen LogP contribution in [0.3, 0.4) is 0 Å². The van der Waals surface area contributed by atoms with E-state index in [0.29, 0.717) is 17.1 Å². The quantitative estimate of drug-likeness (QED) is 0.282. The molecule has 0 radical (unpaired) electrons. The second-order valence-corrected chi connectivity index (χ2v) is 9.44. The van der Waals surface area contributed by atoms with Gasteiger partial charge in [-0.3, -0.25) is 4.79 Å². The zero-order chi connectivity index (χ0) is 24.7. The SMILES string of the molecule is COc1ccc2cc(-c3nc4c([nH]3)c3c(C)coc3c3ccc5c(C)cccc5c34)c(=O)n(C)c2c1. The monoisotopic (exact) mass is 473 g/mol. The third-order valence-electron chi connectivity index (χ3n) is 7.38. The van der Waals surface area contributed by atoms with Gasteiger partial charge in [0, 0.05) is 29.3 Å². The average Bonchev–Trinajstić information content (AvgIpc) is 3.50. The fraction of sp³-hybridized carbons (Fsp3) is 0.133. The molecule has 0 fully saturated rings. The molecule has 0 aliphatic carbocycles. The van der Waals surface area contributed by atoms with Gasteiger partial charge in [0.15, 0.2) is 0 Å².